The SMILES string of the molecule is Cc1cccc(C(O)(C(=O)O)c2ccc(C3C4CCC3CNC4)c(C)c2C)c1. The predicted octanol–water partition coefficient (Wildman–Crippen LogP) is 3.65. The quantitative estimate of drug-likeness (QED) is 0.758. The van der Waals surface area contributed by atoms with E-state index in [2.05, 4.69) is 18.3 Å². The molecule has 1 saturated carbocycles. The average Bonchev–Trinajstić information content (AvgIpc) is 2.91. The van der Waals surface area contributed by atoms with Gasteiger partial charge in [0.2, 0.25) is 5.60 Å². The summed E-state index contributed by atoms with van der Waals surface area (Å²) in [5, 5.41) is 24.9. The normalized spacial score (nSPS) is 26.1. The van der Waals surface area contributed by atoms with Crippen LogP contribution in [-0.4, -0.2) is 29.3 Å². The average molecular weight is 380 g/mol. The monoisotopic (exact) mass is 379 g/mol. The molecule has 1 saturated heterocycles. The molecule has 0 radical (unpaired) electrons. The first kappa shape index (κ1) is 19.2. The van der Waals surface area contributed by atoms with Crippen LogP contribution in [0.25, 0.3) is 0 Å². The number of hydrogen-bond donors (Lipinski definition) is 3. The van der Waals surface area contributed by atoms with Crippen LogP contribution >= 0.6 is 0 Å². The van der Waals surface area contributed by atoms with Crippen LogP contribution in [0.4, 0.5) is 0 Å². The Morgan fingerprint density at radius 2 is 1.71 bits per heavy atom. The number of fused-ring (bicyclic) bond motifs is 2. The lowest BCUT2D eigenvalue weighted by molar-refractivity contribution is -0.155. The van der Waals surface area contributed by atoms with Crippen molar-refractivity contribution in [2.75, 3.05) is 13.1 Å². The zero-order chi connectivity index (χ0) is 20.1. The lowest BCUT2D eigenvalue weighted by atomic mass is 9.75. The number of piperidine rings is 1. The summed E-state index contributed by atoms with van der Waals surface area (Å²) >= 11 is 0. The Morgan fingerprint density at radius 1 is 1.04 bits per heavy atom. The molecule has 1 aliphatic carbocycles. The van der Waals surface area contributed by atoms with Crippen LogP contribution in [-0.2, 0) is 10.4 Å². The van der Waals surface area contributed by atoms with Crippen molar-refractivity contribution in [2.24, 2.45) is 11.8 Å². The van der Waals surface area contributed by atoms with Gasteiger partial charge >= 0.3 is 5.97 Å². The summed E-state index contributed by atoms with van der Waals surface area (Å²) in [6.07, 6.45) is 2.51. The molecule has 1 heterocycles. The third-order valence-corrected chi connectivity index (χ3v) is 7.06. The molecule has 2 aromatic rings. The van der Waals surface area contributed by atoms with E-state index in [0.717, 1.165) is 29.8 Å². The van der Waals surface area contributed by atoms with Gasteiger partial charge in [-0.25, -0.2) is 4.79 Å². The third-order valence-electron chi connectivity index (χ3n) is 7.06. The first-order valence-electron chi connectivity index (χ1n) is 10.2. The molecule has 4 nitrogen and oxygen atoms in total. The Kier molecular flexibility index (Phi) is 4.80. The van der Waals surface area contributed by atoms with Gasteiger partial charge < -0.3 is 15.5 Å². The Balaban J connectivity index is 1.82. The summed E-state index contributed by atoms with van der Waals surface area (Å²) in [7, 11) is 0. The largest absolute Gasteiger partial charge is 0.479 e. The molecule has 1 aliphatic heterocycles. The highest BCUT2D eigenvalue weighted by molar-refractivity contribution is 5.84. The molecule has 4 heteroatoms. The molecule has 148 valence electrons. The molecule has 2 aromatic carbocycles. The number of carboxylic acids is 1. The topological polar surface area (TPSA) is 69.6 Å². The summed E-state index contributed by atoms with van der Waals surface area (Å²) in [4.78, 5) is 12.2. The van der Waals surface area contributed by atoms with Gasteiger partial charge in [-0.15, -0.1) is 0 Å². The van der Waals surface area contributed by atoms with Crippen molar-refractivity contribution in [3.63, 3.8) is 0 Å². The van der Waals surface area contributed by atoms with Crippen LogP contribution in [0.2, 0.25) is 0 Å². The van der Waals surface area contributed by atoms with Crippen LogP contribution in [0.15, 0.2) is 36.4 Å². The molecule has 0 spiro atoms. The number of benzene rings is 2. The minimum absolute atomic E-state index is 0.400. The van der Waals surface area contributed by atoms with Crippen molar-refractivity contribution in [3.05, 3.63) is 69.8 Å². The summed E-state index contributed by atoms with van der Waals surface area (Å²) in [6, 6.07) is 11.1. The molecule has 2 fully saturated rings. The summed E-state index contributed by atoms with van der Waals surface area (Å²) < 4.78 is 0. The highest BCUT2D eigenvalue weighted by Crippen LogP contribution is 2.48. The van der Waals surface area contributed by atoms with Gasteiger partial charge in [-0.2, -0.15) is 0 Å². The molecule has 4 rings (SSSR count). The van der Waals surface area contributed by atoms with E-state index in [9.17, 15) is 15.0 Å². The van der Waals surface area contributed by atoms with E-state index in [4.69, 9.17) is 0 Å². The Hall–Kier alpha value is -2.17. The molecule has 3 N–H and O–H groups in total. The molecule has 2 bridgehead atoms. The Bertz CT molecular complexity index is 906. The lowest BCUT2D eigenvalue weighted by Crippen LogP contribution is -2.39. The number of hydrogen-bond acceptors (Lipinski definition) is 3. The van der Waals surface area contributed by atoms with E-state index in [1.165, 1.54) is 18.4 Å². The Labute approximate surface area is 166 Å². The van der Waals surface area contributed by atoms with Crippen LogP contribution < -0.4 is 5.32 Å². The number of aliphatic hydroxyl groups is 1. The summed E-state index contributed by atoms with van der Waals surface area (Å²) in [5.74, 6) is 0.594. The fourth-order valence-electron chi connectivity index (χ4n) is 5.45. The number of carbonyl (C=O) groups is 1. The van der Waals surface area contributed by atoms with Gasteiger partial charge in [0.15, 0.2) is 0 Å². The van der Waals surface area contributed by atoms with Crippen molar-refractivity contribution < 1.29 is 15.0 Å². The van der Waals surface area contributed by atoms with E-state index >= 15 is 0 Å². The fraction of sp³-hybridized carbons (Fsp3) is 0.458. The van der Waals surface area contributed by atoms with E-state index < -0.39 is 11.6 Å². The van der Waals surface area contributed by atoms with Gasteiger partial charge in [0, 0.05) is 5.56 Å². The van der Waals surface area contributed by atoms with Gasteiger partial charge in [-0.3, -0.25) is 0 Å². The van der Waals surface area contributed by atoms with Gasteiger partial charge in [-0.1, -0.05) is 42.0 Å². The molecule has 28 heavy (non-hydrogen) atoms. The zero-order valence-electron chi connectivity index (χ0n) is 16.8. The van der Waals surface area contributed by atoms with E-state index in [1.807, 2.05) is 26.0 Å². The molecule has 2 aliphatic rings. The maximum absolute atomic E-state index is 12.2. The first-order valence-corrected chi connectivity index (χ1v) is 10.2. The summed E-state index contributed by atoms with van der Waals surface area (Å²) in [6.45, 7) is 8.04. The molecule has 3 unspecified atom stereocenters. The van der Waals surface area contributed by atoms with Crippen molar-refractivity contribution in [3.8, 4) is 0 Å². The molecule has 3 atom stereocenters. The maximum atomic E-state index is 12.2. The van der Waals surface area contributed by atoms with Crippen LogP contribution in [0, 0.1) is 32.6 Å². The first-order chi connectivity index (χ1) is 13.3. The van der Waals surface area contributed by atoms with Gasteiger partial charge in [-0.05, 0) is 86.7 Å². The third kappa shape index (κ3) is 2.87. The van der Waals surface area contributed by atoms with Crippen molar-refractivity contribution in [1.29, 1.82) is 0 Å². The summed E-state index contributed by atoms with van der Waals surface area (Å²) in [5.41, 5.74) is 3.06. The predicted molar refractivity (Wildman–Crippen MR) is 110 cm³/mol. The van der Waals surface area contributed by atoms with E-state index in [-0.39, 0.29) is 0 Å². The highest BCUT2D eigenvalue weighted by atomic mass is 16.4. The fourth-order valence-corrected chi connectivity index (χ4v) is 5.45. The second-order valence-electron chi connectivity index (χ2n) is 8.62. The second kappa shape index (κ2) is 7.02. The van der Waals surface area contributed by atoms with Crippen LogP contribution in [0.3, 0.4) is 0 Å². The minimum Gasteiger partial charge on any atom is -0.479 e. The van der Waals surface area contributed by atoms with E-state index in [0.29, 0.717) is 28.9 Å². The molecular formula is C24H29NO3. The Morgan fingerprint density at radius 3 is 2.32 bits per heavy atom. The number of aliphatic carboxylic acids is 1. The van der Waals surface area contributed by atoms with Gasteiger partial charge in [0.1, 0.15) is 0 Å². The molecule has 0 amide bonds. The van der Waals surface area contributed by atoms with Crippen LogP contribution in [0.5, 0.6) is 0 Å². The number of nitrogens with one attached hydrogen (secondary N) is 1. The molecule has 0 aromatic heterocycles. The highest BCUT2D eigenvalue weighted by Gasteiger charge is 2.44. The van der Waals surface area contributed by atoms with Gasteiger partial charge in [0.25, 0.3) is 0 Å². The standard InChI is InChI=1S/C24H29NO3/c1-14-5-4-6-19(11-14)24(28,23(26)27)21-10-9-20(15(2)16(21)3)22-17-7-8-18(22)13-25-12-17/h4-6,9-11,17-18,22,25,28H,7-8,12-13H2,1-3H3,(H,26,27). The second-order valence-corrected chi connectivity index (χ2v) is 8.62. The van der Waals surface area contributed by atoms with Gasteiger partial charge in [0.05, 0.1) is 0 Å². The van der Waals surface area contributed by atoms with Crippen LogP contribution in [0.1, 0.15) is 52.1 Å². The van der Waals surface area contributed by atoms with Crippen molar-refractivity contribution in [2.45, 2.75) is 45.1 Å². The maximum Gasteiger partial charge on any atom is 0.345 e. The van der Waals surface area contributed by atoms with E-state index in [1.54, 1.807) is 18.2 Å². The minimum atomic E-state index is -2.05. The van der Waals surface area contributed by atoms with Crippen molar-refractivity contribution >= 4 is 5.97 Å². The van der Waals surface area contributed by atoms with Crippen molar-refractivity contribution in [1.82, 2.24) is 5.32 Å². The number of aryl methyl sites for hydroxylation is 1. The number of rotatable bonds is 4. The zero-order valence-corrected chi connectivity index (χ0v) is 16.8. The smallest absolute Gasteiger partial charge is 0.345 e. The number of carboxylic acid groups (broad SMARTS) is 1. The lowest BCUT2D eigenvalue weighted by Gasteiger charge is -2.34. The molecular weight excluding hydrogens is 350 g/mol.